The molecule has 10 heavy (non-hydrogen) atoms. The molecule has 1 unspecified atom stereocenters. The second kappa shape index (κ2) is 2.48. The molecule has 0 radical (unpaired) electrons. The van der Waals surface area contributed by atoms with Crippen LogP contribution in [0.15, 0.2) is 15.2 Å². The molecule has 3 nitrogen and oxygen atoms in total. The van der Waals surface area contributed by atoms with Gasteiger partial charge in [-0.05, 0) is 20.3 Å². The quantitative estimate of drug-likeness (QED) is 0.563. The molecule has 1 heterocycles. The van der Waals surface area contributed by atoms with E-state index in [0.29, 0.717) is 0 Å². The van der Waals surface area contributed by atoms with Crippen LogP contribution in [0.2, 0.25) is 0 Å². The van der Waals surface area contributed by atoms with Gasteiger partial charge in [-0.3, -0.25) is 0 Å². The van der Waals surface area contributed by atoms with E-state index in [1.807, 2.05) is 13.8 Å². The highest BCUT2D eigenvalue weighted by Crippen LogP contribution is 2.24. The number of azo groups is 1. The minimum absolute atomic E-state index is 0.237. The summed E-state index contributed by atoms with van der Waals surface area (Å²) in [5.41, 5.74) is -0.237. The number of rotatable bonds is 2. The second-order valence-corrected chi connectivity index (χ2v) is 2.83. The molecule has 3 heteroatoms. The molecule has 1 rings (SSSR count). The molecule has 0 aromatic carbocycles. The van der Waals surface area contributed by atoms with Gasteiger partial charge in [-0.25, -0.2) is 4.99 Å². The molecule has 0 fully saturated rings. The highest BCUT2D eigenvalue weighted by Gasteiger charge is 2.24. The summed E-state index contributed by atoms with van der Waals surface area (Å²) in [7, 11) is 0. The van der Waals surface area contributed by atoms with Crippen molar-refractivity contribution in [2.24, 2.45) is 15.2 Å². The Bertz CT molecular complexity index is 183. The van der Waals surface area contributed by atoms with Crippen molar-refractivity contribution in [3.8, 4) is 0 Å². The summed E-state index contributed by atoms with van der Waals surface area (Å²) in [5, 5.41) is 7.94. The van der Waals surface area contributed by atoms with Crippen LogP contribution in [-0.2, 0) is 0 Å². The fraction of sp³-hybridized carbons (Fsp3) is 0.857. The zero-order valence-electron chi connectivity index (χ0n) is 6.76. The summed E-state index contributed by atoms with van der Waals surface area (Å²) in [6, 6.07) is 0. The number of hydrogen-bond acceptors (Lipinski definition) is 3. The van der Waals surface area contributed by atoms with Crippen molar-refractivity contribution in [3.05, 3.63) is 0 Å². The Morgan fingerprint density at radius 1 is 1.50 bits per heavy atom. The van der Waals surface area contributed by atoms with Crippen LogP contribution in [0.25, 0.3) is 0 Å². The van der Waals surface area contributed by atoms with Gasteiger partial charge >= 0.3 is 0 Å². The fourth-order valence-electron chi connectivity index (χ4n) is 1.15. The highest BCUT2D eigenvalue weighted by molar-refractivity contribution is 5.81. The van der Waals surface area contributed by atoms with Gasteiger partial charge in [0.05, 0.1) is 0 Å². The number of nitrogens with zero attached hydrogens (tertiary/aromatic N) is 3. The molecule has 1 aliphatic heterocycles. The first kappa shape index (κ1) is 7.38. The normalized spacial score (nSPS) is 30.9. The largest absolute Gasteiger partial charge is 0.237 e. The Morgan fingerprint density at radius 3 is 2.60 bits per heavy atom. The van der Waals surface area contributed by atoms with Crippen LogP contribution in [0.1, 0.15) is 33.6 Å². The van der Waals surface area contributed by atoms with Gasteiger partial charge in [0.15, 0.2) is 5.66 Å². The summed E-state index contributed by atoms with van der Waals surface area (Å²) in [6.07, 6.45) is 2.10. The third kappa shape index (κ3) is 1.40. The molecule has 0 amide bonds. The number of hydrogen-bond donors (Lipinski definition) is 0. The van der Waals surface area contributed by atoms with E-state index < -0.39 is 0 Å². The van der Waals surface area contributed by atoms with Crippen molar-refractivity contribution >= 4 is 5.84 Å². The van der Waals surface area contributed by atoms with Gasteiger partial charge in [0.25, 0.3) is 0 Å². The Labute approximate surface area is 61.3 Å². The Kier molecular flexibility index (Phi) is 1.83. The van der Waals surface area contributed by atoms with Gasteiger partial charge in [-0.2, -0.15) is 5.11 Å². The molecule has 0 aromatic rings. The summed E-state index contributed by atoms with van der Waals surface area (Å²) in [6.45, 7) is 6.02. The van der Waals surface area contributed by atoms with E-state index in [9.17, 15) is 0 Å². The molecule has 0 saturated heterocycles. The minimum Gasteiger partial charge on any atom is -0.237 e. The lowest BCUT2D eigenvalue weighted by Crippen LogP contribution is -2.15. The van der Waals surface area contributed by atoms with E-state index in [2.05, 4.69) is 22.1 Å². The van der Waals surface area contributed by atoms with E-state index in [-0.39, 0.29) is 5.66 Å². The maximum absolute atomic E-state index is 4.29. The molecule has 0 N–H and O–H groups in total. The van der Waals surface area contributed by atoms with Gasteiger partial charge in [0, 0.05) is 0 Å². The first-order valence-corrected chi connectivity index (χ1v) is 3.66. The van der Waals surface area contributed by atoms with Crippen molar-refractivity contribution in [2.75, 3.05) is 0 Å². The maximum atomic E-state index is 4.29. The van der Waals surface area contributed by atoms with Gasteiger partial charge < -0.3 is 0 Å². The van der Waals surface area contributed by atoms with Gasteiger partial charge in [-0.15, -0.1) is 5.11 Å². The van der Waals surface area contributed by atoms with Crippen LogP contribution < -0.4 is 0 Å². The molecule has 1 aliphatic rings. The average molecular weight is 139 g/mol. The van der Waals surface area contributed by atoms with Gasteiger partial charge in [-0.1, -0.05) is 13.3 Å². The first-order chi connectivity index (χ1) is 4.66. The molecule has 0 aromatic heterocycles. The predicted molar refractivity (Wildman–Crippen MR) is 41.3 cm³/mol. The van der Waals surface area contributed by atoms with Crippen molar-refractivity contribution in [2.45, 2.75) is 39.3 Å². The minimum atomic E-state index is -0.237. The van der Waals surface area contributed by atoms with Gasteiger partial charge in [0.1, 0.15) is 5.84 Å². The summed E-state index contributed by atoms with van der Waals surface area (Å²) < 4.78 is 0. The van der Waals surface area contributed by atoms with E-state index in [1.54, 1.807) is 0 Å². The molecular weight excluding hydrogens is 126 g/mol. The van der Waals surface area contributed by atoms with E-state index in [1.165, 1.54) is 0 Å². The molecule has 0 aliphatic carbocycles. The topological polar surface area (TPSA) is 37.1 Å². The second-order valence-electron chi connectivity index (χ2n) is 2.83. The SMILES string of the molecule is CCCC1(C)N=NC(C)=N1. The zero-order chi connectivity index (χ0) is 7.61. The Hall–Kier alpha value is -0.730. The molecule has 0 spiro atoms. The van der Waals surface area contributed by atoms with Gasteiger partial charge in [0.2, 0.25) is 0 Å². The lowest BCUT2D eigenvalue weighted by Gasteiger charge is -2.12. The maximum Gasteiger partial charge on any atom is 0.170 e. The Balaban J connectivity index is 2.64. The molecule has 56 valence electrons. The van der Waals surface area contributed by atoms with Crippen LogP contribution in [0.3, 0.4) is 0 Å². The fourth-order valence-corrected chi connectivity index (χ4v) is 1.15. The third-order valence-corrected chi connectivity index (χ3v) is 1.54. The zero-order valence-corrected chi connectivity index (χ0v) is 6.76. The van der Waals surface area contributed by atoms with Crippen LogP contribution >= 0.6 is 0 Å². The third-order valence-electron chi connectivity index (χ3n) is 1.54. The van der Waals surface area contributed by atoms with E-state index >= 15 is 0 Å². The molecular formula is C7H13N3. The van der Waals surface area contributed by atoms with Crippen LogP contribution in [0.5, 0.6) is 0 Å². The monoisotopic (exact) mass is 139 g/mol. The Morgan fingerprint density at radius 2 is 2.20 bits per heavy atom. The lowest BCUT2D eigenvalue weighted by atomic mass is 10.1. The molecule has 0 bridgehead atoms. The van der Waals surface area contributed by atoms with Crippen LogP contribution in [0.4, 0.5) is 0 Å². The first-order valence-electron chi connectivity index (χ1n) is 3.66. The standard InChI is InChI=1S/C7H13N3/c1-4-5-7(3)8-6(2)9-10-7/h4-5H2,1-3H3. The van der Waals surface area contributed by atoms with Crippen molar-refractivity contribution in [3.63, 3.8) is 0 Å². The summed E-state index contributed by atoms with van der Waals surface area (Å²) in [5.74, 6) is 0.802. The van der Waals surface area contributed by atoms with Crippen LogP contribution in [-0.4, -0.2) is 11.5 Å². The number of amidine groups is 1. The van der Waals surface area contributed by atoms with Crippen molar-refractivity contribution in [1.82, 2.24) is 0 Å². The lowest BCUT2D eigenvalue weighted by molar-refractivity contribution is 0.449. The molecule has 0 saturated carbocycles. The summed E-state index contributed by atoms with van der Waals surface area (Å²) in [4.78, 5) is 4.29. The van der Waals surface area contributed by atoms with E-state index in [4.69, 9.17) is 0 Å². The van der Waals surface area contributed by atoms with Crippen molar-refractivity contribution in [1.29, 1.82) is 0 Å². The average Bonchev–Trinajstić information content (AvgIpc) is 2.12. The smallest absolute Gasteiger partial charge is 0.170 e. The predicted octanol–water partition coefficient (Wildman–Crippen LogP) is 2.39. The highest BCUT2D eigenvalue weighted by atomic mass is 15.3. The van der Waals surface area contributed by atoms with E-state index in [0.717, 1.165) is 18.7 Å². The number of aliphatic imine (C=N–C) groups is 1. The van der Waals surface area contributed by atoms with Crippen molar-refractivity contribution < 1.29 is 0 Å². The summed E-state index contributed by atoms with van der Waals surface area (Å²) >= 11 is 0. The van der Waals surface area contributed by atoms with Crippen LogP contribution in [0, 0.1) is 0 Å². The molecule has 1 atom stereocenters.